The highest BCUT2D eigenvalue weighted by atomic mass is 32.1. The van der Waals surface area contributed by atoms with Crippen LogP contribution in [0.15, 0.2) is 48.1 Å². The number of thiazole rings is 1. The summed E-state index contributed by atoms with van der Waals surface area (Å²) in [4.78, 5) is 16.6. The molecule has 3 rings (SSSR count). The van der Waals surface area contributed by atoms with Crippen molar-refractivity contribution in [2.75, 3.05) is 6.54 Å². The summed E-state index contributed by atoms with van der Waals surface area (Å²) in [6.07, 6.45) is 4.52. The van der Waals surface area contributed by atoms with Gasteiger partial charge in [0, 0.05) is 23.7 Å². The molecule has 23 heavy (non-hydrogen) atoms. The second-order valence-corrected chi connectivity index (χ2v) is 6.32. The number of carbonyl (C=O) groups is 1. The van der Waals surface area contributed by atoms with Crippen molar-refractivity contribution < 1.29 is 4.79 Å². The highest BCUT2D eigenvalue weighted by Gasteiger charge is 2.17. The van der Waals surface area contributed by atoms with Crippen LogP contribution in [0, 0.1) is 0 Å². The molecule has 2 heterocycles. The molecule has 0 bridgehead atoms. The summed E-state index contributed by atoms with van der Waals surface area (Å²) < 4.78 is 3.19. The molecule has 0 saturated heterocycles. The molecule has 0 unspecified atom stereocenters. The lowest BCUT2D eigenvalue weighted by molar-refractivity contribution is 0.0869. The summed E-state index contributed by atoms with van der Waals surface area (Å²) in [7, 11) is 0. The Morgan fingerprint density at radius 3 is 2.87 bits per heavy atom. The van der Waals surface area contributed by atoms with E-state index in [1.165, 1.54) is 15.6 Å². The molecule has 0 spiro atoms. The number of amides is 1. The van der Waals surface area contributed by atoms with Crippen molar-refractivity contribution in [2.24, 2.45) is 0 Å². The molecule has 5 nitrogen and oxygen atoms in total. The van der Waals surface area contributed by atoms with E-state index in [1.807, 2.05) is 43.5 Å². The molecule has 0 radical (unpaired) electrons. The Labute approximate surface area is 144 Å². The second-order valence-electron chi connectivity index (χ2n) is 4.98. The molecule has 7 heteroatoms. The van der Waals surface area contributed by atoms with E-state index in [0.717, 1.165) is 22.7 Å². The Balaban J connectivity index is 1.81. The number of rotatable bonds is 5. The Morgan fingerprint density at radius 1 is 1.35 bits per heavy atom. The normalized spacial score (nSPS) is 10.7. The number of aromatic nitrogens is 3. The van der Waals surface area contributed by atoms with E-state index < -0.39 is 0 Å². The van der Waals surface area contributed by atoms with E-state index in [9.17, 15) is 4.79 Å². The number of carbonyl (C=O) groups excluding carboxylic acids is 1. The molecule has 0 saturated carbocycles. The van der Waals surface area contributed by atoms with Gasteiger partial charge in [-0.2, -0.15) is 5.10 Å². The maximum Gasteiger partial charge on any atom is 0.282 e. The van der Waals surface area contributed by atoms with Crippen molar-refractivity contribution in [1.82, 2.24) is 19.1 Å². The van der Waals surface area contributed by atoms with Gasteiger partial charge < -0.3 is 0 Å². The zero-order valence-corrected chi connectivity index (χ0v) is 14.3. The SMILES string of the molecule is CCCN(S)C(=O)c1csc(-c2cnn(-c3ccccc3)c2)n1. The predicted octanol–water partition coefficient (Wildman–Crippen LogP) is 3.69. The number of hydrogen-bond acceptors (Lipinski definition) is 5. The highest BCUT2D eigenvalue weighted by molar-refractivity contribution is 7.78. The largest absolute Gasteiger partial charge is 0.284 e. The Hall–Kier alpha value is -2.12. The van der Waals surface area contributed by atoms with Crippen molar-refractivity contribution in [2.45, 2.75) is 13.3 Å². The smallest absolute Gasteiger partial charge is 0.282 e. The first-order valence-electron chi connectivity index (χ1n) is 7.25. The fourth-order valence-corrected chi connectivity index (χ4v) is 3.18. The van der Waals surface area contributed by atoms with Gasteiger partial charge in [-0.05, 0) is 18.6 Å². The Morgan fingerprint density at radius 2 is 2.13 bits per heavy atom. The minimum atomic E-state index is -0.173. The molecule has 0 aliphatic heterocycles. The van der Waals surface area contributed by atoms with Gasteiger partial charge in [0.15, 0.2) is 0 Å². The number of para-hydroxylation sites is 1. The topological polar surface area (TPSA) is 51.0 Å². The molecule has 0 N–H and O–H groups in total. The molecule has 0 fully saturated rings. The molecule has 118 valence electrons. The van der Waals surface area contributed by atoms with Gasteiger partial charge in [-0.1, -0.05) is 37.9 Å². The molecule has 1 aromatic carbocycles. The molecule has 2 aromatic heterocycles. The minimum absolute atomic E-state index is 0.173. The monoisotopic (exact) mass is 344 g/mol. The summed E-state index contributed by atoms with van der Waals surface area (Å²) in [5.74, 6) is -0.173. The van der Waals surface area contributed by atoms with Crippen LogP contribution in [0.4, 0.5) is 0 Å². The Kier molecular flexibility index (Phi) is 4.78. The zero-order chi connectivity index (χ0) is 16.2. The Bertz CT molecular complexity index is 797. The number of benzene rings is 1. The first kappa shape index (κ1) is 15.8. The van der Waals surface area contributed by atoms with Crippen LogP contribution in [0.25, 0.3) is 16.3 Å². The van der Waals surface area contributed by atoms with Gasteiger partial charge in [-0.3, -0.25) is 9.10 Å². The van der Waals surface area contributed by atoms with E-state index in [4.69, 9.17) is 0 Å². The average molecular weight is 344 g/mol. The maximum atomic E-state index is 12.2. The van der Waals surface area contributed by atoms with Crippen LogP contribution in [0.2, 0.25) is 0 Å². The highest BCUT2D eigenvalue weighted by Crippen LogP contribution is 2.25. The minimum Gasteiger partial charge on any atom is -0.284 e. The first-order chi connectivity index (χ1) is 11.2. The van der Waals surface area contributed by atoms with E-state index in [0.29, 0.717) is 12.2 Å². The second kappa shape index (κ2) is 6.97. The summed E-state index contributed by atoms with van der Waals surface area (Å²) in [6, 6.07) is 9.86. The lowest BCUT2D eigenvalue weighted by atomic mass is 10.3. The molecular weight excluding hydrogens is 328 g/mol. The maximum absolute atomic E-state index is 12.2. The quantitative estimate of drug-likeness (QED) is 0.718. The molecule has 0 aliphatic carbocycles. The third-order valence-corrected chi connectivity index (χ3v) is 4.52. The van der Waals surface area contributed by atoms with E-state index in [1.54, 1.807) is 16.3 Å². The van der Waals surface area contributed by atoms with Crippen molar-refractivity contribution in [3.63, 3.8) is 0 Å². The van der Waals surface area contributed by atoms with Gasteiger partial charge in [-0.25, -0.2) is 9.67 Å². The van der Waals surface area contributed by atoms with Crippen molar-refractivity contribution in [3.05, 3.63) is 53.8 Å². The lowest BCUT2D eigenvalue weighted by Gasteiger charge is -2.12. The van der Waals surface area contributed by atoms with Crippen LogP contribution in [-0.4, -0.2) is 31.5 Å². The van der Waals surface area contributed by atoms with Gasteiger partial charge >= 0.3 is 0 Å². The average Bonchev–Trinajstić information content (AvgIpc) is 3.24. The van der Waals surface area contributed by atoms with Gasteiger partial charge in [0.2, 0.25) is 0 Å². The van der Waals surface area contributed by atoms with E-state index in [2.05, 4.69) is 22.9 Å². The van der Waals surface area contributed by atoms with Gasteiger partial charge in [0.05, 0.1) is 11.9 Å². The van der Waals surface area contributed by atoms with Gasteiger partial charge in [-0.15, -0.1) is 11.3 Å². The van der Waals surface area contributed by atoms with E-state index in [-0.39, 0.29) is 5.91 Å². The molecular formula is C16H16N4OS2. The standard InChI is InChI=1S/C16H16N4OS2/c1-2-8-20(22)16(21)14-11-23-15(18-14)12-9-17-19(10-12)13-6-4-3-5-7-13/h3-7,9-11,22H,2,8H2,1H3. The van der Waals surface area contributed by atoms with Crippen molar-refractivity contribution in [1.29, 1.82) is 0 Å². The van der Waals surface area contributed by atoms with Gasteiger partial charge in [0.25, 0.3) is 5.91 Å². The third kappa shape index (κ3) is 3.46. The van der Waals surface area contributed by atoms with Crippen LogP contribution in [0.3, 0.4) is 0 Å². The number of hydrogen-bond donors (Lipinski definition) is 1. The van der Waals surface area contributed by atoms with Crippen LogP contribution in [0.1, 0.15) is 23.8 Å². The van der Waals surface area contributed by atoms with Crippen molar-refractivity contribution >= 4 is 30.1 Å². The molecule has 3 aromatic rings. The molecule has 0 atom stereocenters. The summed E-state index contributed by atoms with van der Waals surface area (Å²) in [5, 5.41) is 6.89. The number of nitrogens with zero attached hydrogens (tertiary/aromatic N) is 4. The lowest BCUT2D eigenvalue weighted by Crippen LogP contribution is -2.22. The number of thiol groups is 1. The third-order valence-electron chi connectivity index (χ3n) is 3.24. The summed E-state index contributed by atoms with van der Waals surface area (Å²) >= 11 is 5.63. The van der Waals surface area contributed by atoms with Crippen molar-refractivity contribution in [3.8, 4) is 16.3 Å². The summed E-state index contributed by atoms with van der Waals surface area (Å²) in [5.41, 5.74) is 2.29. The van der Waals surface area contributed by atoms with Crippen LogP contribution in [-0.2, 0) is 0 Å². The predicted molar refractivity (Wildman–Crippen MR) is 95.0 cm³/mol. The van der Waals surface area contributed by atoms with E-state index >= 15 is 0 Å². The molecule has 0 aliphatic rings. The van der Waals surface area contributed by atoms with Crippen LogP contribution < -0.4 is 0 Å². The fraction of sp³-hybridized carbons (Fsp3) is 0.188. The van der Waals surface area contributed by atoms with Crippen LogP contribution in [0.5, 0.6) is 0 Å². The summed E-state index contributed by atoms with van der Waals surface area (Å²) in [6.45, 7) is 2.60. The fourth-order valence-electron chi connectivity index (χ4n) is 2.11. The zero-order valence-electron chi connectivity index (χ0n) is 12.6. The van der Waals surface area contributed by atoms with Crippen LogP contribution >= 0.6 is 24.2 Å². The molecule has 1 amide bonds. The first-order valence-corrected chi connectivity index (χ1v) is 8.53. The van der Waals surface area contributed by atoms with Gasteiger partial charge in [0.1, 0.15) is 10.7 Å².